The number of aliphatic hydroxyl groups is 2. The van der Waals surface area contributed by atoms with Crippen molar-refractivity contribution in [2.75, 3.05) is 0 Å². The molecule has 2 heterocycles. The van der Waals surface area contributed by atoms with E-state index >= 15 is 0 Å². The molecule has 0 aliphatic carbocycles. The second kappa shape index (κ2) is 12.0. The van der Waals surface area contributed by atoms with Crippen molar-refractivity contribution in [1.82, 2.24) is 0 Å². The van der Waals surface area contributed by atoms with Crippen molar-refractivity contribution in [3.63, 3.8) is 0 Å². The third-order valence-corrected chi connectivity index (χ3v) is 5.42. The molecule has 9 nitrogen and oxygen atoms in total. The molecule has 0 aromatic rings. The van der Waals surface area contributed by atoms with Crippen LogP contribution in [0.2, 0.25) is 0 Å². The van der Waals surface area contributed by atoms with E-state index in [1.807, 2.05) is 0 Å². The van der Waals surface area contributed by atoms with E-state index in [0.717, 1.165) is 6.92 Å². The van der Waals surface area contributed by atoms with E-state index in [1.165, 1.54) is 12.2 Å². The maximum Gasteiger partial charge on any atom is 0.310 e. The number of carboxylic acid groups (broad SMARTS) is 1. The molecule has 178 valence electrons. The van der Waals surface area contributed by atoms with Crippen molar-refractivity contribution in [3.05, 3.63) is 34.6 Å². The Morgan fingerprint density at radius 2 is 2.06 bits per heavy atom. The molecule has 1 saturated heterocycles. The van der Waals surface area contributed by atoms with E-state index in [4.69, 9.17) is 30.9 Å². The molecule has 0 spiro atoms. The largest absolute Gasteiger partial charge is 0.509 e. The Balaban J connectivity index is 2.25. The second-order valence-corrected chi connectivity index (χ2v) is 8.40. The summed E-state index contributed by atoms with van der Waals surface area (Å²) in [7, 11) is 0. The summed E-state index contributed by atoms with van der Waals surface area (Å²) >= 11 is 6.24. The molecule has 32 heavy (non-hydrogen) atoms. The minimum absolute atomic E-state index is 0.242. The number of halogens is 1. The fourth-order valence-electron chi connectivity index (χ4n) is 3.66. The molecule has 0 aromatic carbocycles. The summed E-state index contributed by atoms with van der Waals surface area (Å²) in [5, 5.41) is 30.3. The maximum absolute atomic E-state index is 12.6. The first-order chi connectivity index (χ1) is 15.0. The highest BCUT2D eigenvalue weighted by molar-refractivity contribution is 6.29. The van der Waals surface area contributed by atoms with Crippen LogP contribution in [0.25, 0.3) is 0 Å². The molecule has 0 radical (unpaired) electrons. The number of hydrogen-bond acceptors (Lipinski definition) is 8. The summed E-state index contributed by atoms with van der Waals surface area (Å²) < 4.78 is 16.5. The number of aliphatic hydroxyl groups excluding tert-OH is 2. The SMILES string of the molecule is CC(=O)OC1CC(=O)O[C@@H]2C[C@@H](CC/C(Cl)=C/C/C=C\1O)O[C@@H]2[C@H](O)/C=C(\C)CC(=O)O. The summed E-state index contributed by atoms with van der Waals surface area (Å²) in [6.45, 7) is 2.73. The van der Waals surface area contributed by atoms with Gasteiger partial charge in [-0.3, -0.25) is 14.4 Å². The first-order valence-corrected chi connectivity index (χ1v) is 10.8. The van der Waals surface area contributed by atoms with Crippen LogP contribution in [-0.4, -0.2) is 63.7 Å². The average molecular weight is 473 g/mol. The van der Waals surface area contributed by atoms with Crippen molar-refractivity contribution in [3.8, 4) is 0 Å². The van der Waals surface area contributed by atoms with Gasteiger partial charge in [-0.25, -0.2) is 0 Å². The first kappa shape index (κ1) is 25.9. The lowest BCUT2D eigenvalue weighted by atomic mass is 10.0. The van der Waals surface area contributed by atoms with Crippen molar-refractivity contribution >= 4 is 29.5 Å². The molecule has 3 N–H and O–H groups in total. The number of hydrogen-bond donors (Lipinski definition) is 3. The van der Waals surface area contributed by atoms with Gasteiger partial charge in [0, 0.05) is 18.4 Å². The molecular formula is C22H29ClO9. The zero-order valence-electron chi connectivity index (χ0n) is 18.0. The number of carbonyl (C=O) groups is 3. The predicted molar refractivity (Wildman–Crippen MR) is 114 cm³/mol. The van der Waals surface area contributed by atoms with Gasteiger partial charge in [-0.1, -0.05) is 29.3 Å². The quantitative estimate of drug-likeness (QED) is 0.407. The lowest BCUT2D eigenvalue weighted by Crippen LogP contribution is -2.37. The molecule has 10 heteroatoms. The lowest BCUT2D eigenvalue weighted by molar-refractivity contribution is -0.160. The lowest BCUT2D eigenvalue weighted by Gasteiger charge is -2.23. The van der Waals surface area contributed by atoms with Gasteiger partial charge in [0.1, 0.15) is 24.1 Å². The minimum atomic E-state index is -1.21. The molecular weight excluding hydrogens is 444 g/mol. The highest BCUT2D eigenvalue weighted by atomic mass is 35.5. The van der Waals surface area contributed by atoms with Gasteiger partial charge in [-0.15, -0.1) is 0 Å². The Bertz CT molecular complexity index is 801. The number of aliphatic carboxylic acids is 1. The zero-order chi connectivity index (χ0) is 23.8. The van der Waals surface area contributed by atoms with Gasteiger partial charge in [0.05, 0.1) is 18.9 Å². The molecule has 2 aliphatic heterocycles. The molecule has 1 fully saturated rings. The Kier molecular flexibility index (Phi) is 9.74. The van der Waals surface area contributed by atoms with Crippen molar-refractivity contribution in [2.45, 2.75) is 82.9 Å². The Labute approximate surface area is 191 Å². The number of fused-ring (bicyclic) bond motifs is 2. The number of rotatable bonds is 5. The zero-order valence-corrected chi connectivity index (χ0v) is 18.8. The summed E-state index contributed by atoms with van der Waals surface area (Å²) in [4.78, 5) is 34.8. The molecule has 1 unspecified atom stereocenters. The van der Waals surface area contributed by atoms with E-state index in [9.17, 15) is 24.6 Å². The van der Waals surface area contributed by atoms with E-state index in [1.54, 1.807) is 13.0 Å². The molecule has 0 amide bonds. The first-order valence-electron chi connectivity index (χ1n) is 10.4. The van der Waals surface area contributed by atoms with Crippen LogP contribution in [0.1, 0.15) is 52.4 Å². The fraction of sp³-hybridized carbons (Fsp3) is 0.591. The Morgan fingerprint density at radius 1 is 1.34 bits per heavy atom. The molecule has 5 atom stereocenters. The number of carbonyl (C=O) groups excluding carboxylic acids is 2. The number of ether oxygens (including phenoxy) is 3. The predicted octanol–water partition coefficient (Wildman–Crippen LogP) is 2.91. The second-order valence-electron chi connectivity index (χ2n) is 7.92. The van der Waals surface area contributed by atoms with E-state index in [-0.39, 0.29) is 24.7 Å². The summed E-state index contributed by atoms with van der Waals surface area (Å²) in [6.07, 6.45) is 0.940. The van der Waals surface area contributed by atoms with Crippen LogP contribution in [-0.2, 0) is 28.6 Å². The van der Waals surface area contributed by atoms with Gasteiger partial charge >= 0.3 is 17.9 Å². The highest BCUT2D eigenvalue weighted by Gasteiger charge is 2.41. The van der Waals surface area contributed by atoms with Gasteiger partial charge in [0.15, 0.2) is 6.10 Å². The third-order valence-electron chi connectivity index (χ3n) is 5.08. The summed E-state index contributed by atoms with van der Waals surface area (Å²) in [6, 6.07) is 0. The topological polar surface area (TPSA) is 140 Å². The van der Waals surface area contributed by atoms with Crippen LogP contribution in [0.3, 0.4) is 0 Å². The average Bonchev–Trinajstić information content (AvgIpc) is 3.06. The standard InChI is InChI=1S/C22H29ClO9/c1-12(9-20(27)28)8-17(26)22-19-10-15(31-22)7-6-14(23)4-3-5-16(25)18(30-13(2)24)11-21(29)32-19/h4-5,8,15,17-19,22,25-26H,3,6-7,9-11H2,1-2H3,(H,27,28)/b12-8+,14-4-,16-5+/t15-,17-,18?,19-,22-/m1/s1. The van der Waals surface area contributed by atoms with Crippen LogP contribution in [0.4, 0.5) is 0 Å². The maximum atomic E-state index is 12.6. The molecule has 0 saturated carbocycles. The normalized spacial score (nSPS) is 31.9. The summed E-state index contributed by atoms with van der Waals surface area (Å²) in [5.74, 6) is -2.73. The van der Waals surface area contributed by atoms with Crippen LogP contribution < -0.4 is 0 Å². The number of carboxylic acids is 1. The third kappa shape index (κ3) is 8.29. The van der Waals surface area contributed by atoms with Gasteiger partial charge < -0.3 is 29.5 Å². The van der Waals surface area contributed by atoms with Gasteiger partial charge in [-0.05, 0) is 32.3 Å². The van der Waals surface area contributed by atoms with E-state index < -0.39 is 48.7 Å². The smallest absolute Gasteiger partial charge is 0.310 e. The van der Waals surface area contributed by atoms with Gasteiger partial charge in [0.25, 0.3) is 0 Å². The van der Waals surface area contributed by atoms with Crippen LogP contribution >= 0.6 is 11.6 Å². The molecule has 2 aliphatic rings. The van der Waals surface area contributed by atoms with Gasteiger partial charge in [-0.2, -0.15) is 0 Å². The summed E-state index contributed by atoms with van der Waals surface area (Å²) in [5.41, 5.74) is 0.434. The van der Waals surface area contributed by atoms with E-state index in [0.29, 0.717) is 29.9 Å². The van der Waals surface area contributed by atoms with Crippen LogP contribution in [0.5, 0.6) is 0 Å². The van der Waals surface area contributed by atoms with Crippen molar-refractivity contribution in [1.29, 1.82) is 0 Å². The molecule has 0 aromatic heterocycles. The number of allylic oxidation sites excluding steroid dienone is 3. The Hall–Kier alpha value is -2.36. The fourth-order valence-corrected chi connectivity index (χ4v) is 3.86. The minimum Gasteiger partial charge on any atom is -0.509 e. The van der Waals surface area contributed by atoms with Gasteiger partial charge in [0.2, 0.25) is 0 Å². The molecule has 2 rings (SSSR count). The number of esters is 2. The Morgan fingerprint density at radius 3 is 2.72 bits per heavy atom. The highest BCUT2D eigenvalue weighted by Crippen LogP contribution is 2.31. The monoisotopic (exact) mass is 472 g/mol. The van der Waals surface area contributed by atoms with Crippen LogP contribution in [0, 0.1) is 0 Å². The molecule has 2 bridgehead atoms. The van der Waals surface area contributed by atoms with Crippen LogP contribution in [0.15, 0.2) is 34.6 Å². The van der Waals surface area contributed by atoms with Crippen molar-refractivity contribution < 1.29 is 43.9 Å². The van der Waals surface area contributed by atoms with E-state index in [2.05, 4.69) is 0 Å². The van der Waals surface area contributed by atoms with Crippen molar-refractivity contribution in [2.24, 2.45) is 0 Å².